The first-order valence-corrected chi connectivity index (χ1v) is 11.0. The van der Waals surface area contributed by atoms with Gasteiger partial charge in [-0.25, -0.2) is 5.43 Å². The number of carbonyl (C=O) groups is 2. The molecule has 160 valence electrons. The summed E-state index contributed by atoms with van der Waals surface area (Å²) in [6.45, 7) is 6.10. The molecule has 1 aromatic rings. The molecule has 1 aromatic carbocycles. The minimum atomic E-state index is -0.377. The molecule has 6 nitrogen and oxygen atoms in total. The average Bonchev–Trinajstić information content (AvgIpc) is 2.71. The van der Waals surface area contributed by atoms with Crippen LogP contribution in [0.3, 0.4) is 0 Å². The zero-order valence-electron chi connectivity index (χ0n) is 17.2. The van der Waals surface area contributed by atoms with Crippen LogP contribution < -0.4 is 15.5 Å². The molecule has 0 atom stereocenters. The Morgan fingerprint density at radius 2 is 1.86 bits per heavy atom. The van der Waals surface area contributed by atoms with Gasteiger partial charge in [0.25, 0.3) is 5.91 Å². The van der Waals surface area contributed by atoms with Crippen molar-refractivity contribution < 1.29 is 14.3 Å². The largest absolute Gasteiger partial charge is 0.489 e. The zero-order chi connectivity index (χ0) is 21.3. The van der Waals surface area contributed by atoms with Crippen molar-refractivity contribution in [2.45, 2.75) is 58.3 Å². The molecule has 29 heavy (non-hydrogen) atoms. The van der Waals surface area contributed by atoms with Crippen molar-refractivity contribution in [2.75, 3.05) is 13.2 Å². The predicted octanol–water partition coefficient (Wildman–Crippen LogP) is 4.72. The molecule has 0 heterocycles. The van der Waals surface area contributed by atoms with E-state index in [0.717, 1.165) is 23.7 Å². The first kappa shape index (κ1) is 24.9. The summed E-state index contributed by atoms with van der Waals surface area (Å²) in [4.78, 5) is 23.6. The fraction of sp³-hybridized carbons (Fsp3) is 0.500. The molecule has 1 rings (SSSR count). The van der Waals surface area contributed by atoms with Crippen LogP contribution in [0.1, 0.15) is 63.9 Å². The quantitative estimate of drug-likeness (QED) is 0.170. The molecule has 0 spiro atoms. The highest BCUT2D eigenvalue weighted by molar-refractivity contribution is 9.10. The molecule has 0 bridgehead atoms. The minimum absolute atomic E-state index is 0.0923. The van der Waals surface area contributed by atoms with Crippen molar-refractivity contribution in [3.8, 4) is 5.75 Å². The van der Waals surface area contributed by atoms with E-state index in [4.69, 9.17) is 4.74 Å². The van der Waals surface area contributed by atoms with Crippen LogP contribution in [-0.4, -0.2) is 31.2 Å². The van der Waals surface area contributed by atoms with Gasteiger partial charge in [0.2, 0.25) is 5.91 Å². The minimum Gasteiger partial charge on any atom is -0.489 e. The highest BCUT2D eigenvalue weighted by atomic mass is 79.9. The Hall–Kier alpha value is -2.15. The number of hydrogen-bond donors (Lipinski definition) is 2. The highest BCUT2D eigenvalue weighted by Crippen LogP contribution is 2.21. The topological polar surface area (TPSA) is 79.8 Å². The monoisotopic (exact) mass is 465 g/mol. The van der Waals surface area contributed by atoms with E-state index in [1.165, 1.54) is 31.9 Å². The summed E-state index contributed by atoms with van der Waals surface area (Å²) in [5, 5.41) is 6.56. The third kappa shape index (κ3) is 12.1. The molecule has 0 aliphatic rings. The second kappa shape index (κ2) is 15.7. The van der Waals surface area contributed by atoms with Crippen molar-refractivity contribution in [3.63, 3.8) is 0 Å². The number of unbranched alkanes of at least 4 members (excludes halogenated alkanes) is 6. The Balaban J connectivity index is 2.27. The van der Waals surface area contributed by atoms with Crippen LogP contribution in [0.25, 0.3) is 0 Å². The fourth-order valence-electron chi connectivity index (χ4n) is 2.62. The predicted molar refractivity (Wildman–Crippen MR) is 121 cm³/mol. The van der Waals surface area contributed by atoms with Gasteiger partial charge in [0.05, 0.1) is 12.8 Å². The number of amides is 2. The average molecular weight is 466 g/mol. The van der Waals surface area contributed by atoms with E-state index >= 15 is 0 Å². The smallest absolute Gasteiger partial charge is 0.259 e. The van der Waals surface area contributed by atoms with Gasteiger partial charge in [0.1, 0.15) is 12.4 Å². The van der Waals surface area contributed by atoms with Crippen molar-refractivity contribution in [1.82, 2.24) is 10.7 Å². The number of nitrogens with zero attached hydrogens (tertiary/aromatic N) is 1. The molecule has 0 saturated carbocycles. The zero-order valence-corrected chi connectivity index (χ0v) is 18.8. The van der Waals surface area contributed by atoms with Gasteiger partial charge in [-0.05, 0) is 24.6 Å². The number of hydrogen-bond acceptors (Lipinski definition) is 4. The Labute approximate surface area is 182 Å². The highest BCUT2D eigenvalue weighted by Gasteiger charge is 2.06. The standard InChI is InChI=1S/C22H32BrN3O3/c1-3-5-6-7-8-9-10-11-21(27)24-17-22(28)26-25-16-18-15-19(23)12-13-20(18)29-14-4-2/h4,12-13,15-16H,2-3,5-11,14,17H2,1H3,(H,24,27)(H,26,28). The lowest BCUT2D eigenvalue weighted by Gasteiger charge is -2.07. The molecule has 0 aliphatic carbocycles. The first-order chi connectivity index (χ1) is 14.1. The second-order valence-electron chi connectivity index (χ2n) is 6.72. The van der Waals surface area contributed by atoms with E-state index in [9.17, 15) is 9.59 Å². The maximum absolute atomic E-state index is 11.8. The molecule has 0 fully saturated rings. The van der Waals surface area contributed by atoms with Crippen LogP contribution in [0.2, 0.25) is 0 Å². The number of hydrazone groups is 1. The van der Waals surface area contributed by atoms with Gasteiger partial charge < -0.3 is 10.1 Å². The second-order valence-corrected chi connectivity index (χ2v) is 7.64. The molecule has 0 unspecified atom stereocenters. The van der Waals surface area contributed by atoms with Gasteiger partial charge in [-0.2, -0.15) is 5.10 Å². The molecule has 0 aliphatic heterocycles. The fourth-order valence-corrected chi connectivity index (χ4v) is 3.00. The Morgan fingerprint density at radius 1 is 1.14 bits per heavy atom. The number of benzene rings is 1. The molecule has 2 N–H and O–H groups in total. The lowest BCUT2D eigenvalue weighted by Crippen LogP contribution is -2.34. The first-order valence-electron chi connectivity index (χ1n) is 10.2. The van der Waals surface area contributed by atoms with E-state index in [2.05, 4.69) is 45.3 Å². The summed E-state index contributed by atoms with van der Waals surface area (Å²) >= 11 is 3.40. The lowest BCUT2D eigenvalue weighted by atomic mass is 10.1. The number of halogens is 1. The van der Waals surface area contributed by atoms with Crippen molar-refractivity contribution in [1.29, 1.82) is 0 Å². The van der Waals surface area contributed by atoms with Crippen LogP contribution in [-0.2, 0) is 9.59 Å². The summed E-state index contributed by atoms with van der Waals surface area (Å²) in [5.74, 6) is 0.150. The number of ether oxygens (including phenoxy) is 1. The molecule has 7 heteroatoms. The van der Waals surface area contributed by atoms with Crippen LogP contribution in [0, 0.1) is 0 Å². The third-order valence-corrected chi connectivity index (χ3v) is 4.67. The molecule has 0 saturated heterocycles. The van der Waals surface area contributed by atoms with Crippen LogP contribution in [0.5, 0.6) is 5.75 Å². The lowest BCUT2D eigenvalue weighted by molar-refractivity contribution is -0.126. The molecule has 2 amide bonds. The summed E-state index contributed by atoms with van der Waals surface area (Å²) in [5.41, 5.74) is 3.12. The maximum atomic E-state index is 11.8. The number of carbonyl (C=O) groups excluding carboxylic acids is 2. The Bertz CT molecular complexity index is 677. The van der Waals surface area contributed by atoms with E-state index in [1.54, 1.807) is 12.1 Å². The summed E-state index contributed by atoms with van der Waals surface area (Å²) in [6.07, 6.45) is 11.7. The van der Waals surface area contributed by atoms with Crippen LogP contribution in [0.15, 0.2) is 40.4 Å². The molecule has 0 aromatic heterocycles. The normalized spacial score (nSPS) is 10.7. The SMILES string of the molecule is C=CCOc1ccc(Br)cc1C=NNC(=O)CNC(=O)CCCCCCCCC. The van der Waals surface area contributed by atoms with Crippen molar-refractivity contribution >= 4 is 34.0 Å². The maximum Gasteiger partial charge on any atom is 0.259 e. The van der Waals surface area contributed by atoms with Gasteiger partial charge in [-0.1, -0.05) is 74.0 Å². The van der Waals surface area contributed by atoms with Crippen LogP contribution >= 0.6 is 15.9 Å². The van der Waals surface area contributed by atoms with Gasteiger partial charge in [-0.15, -0.1) is 0 Å². The van der Waals surface area contributed by atoms with Gasteiger partial charge >= 0.3 is 0 Å². The van der Waals surface area contributed by atoms with E-state index < -0.39 is 0 Å². The number of nitrogens with one attached hydrogen (secondary N) is 2. The summed E-state index contributed by atoms with van der Waals surface area (Å²) in [6, 6.07) is 5.49. The van der Waals surface area contributed by atoms with Gasteiger partial charge in [0, 0.05) is 16.5 Å². The van der Waals surface area contributed by atoms with E-state index in [1.807, 2.05) is 12.1 Å². The van der Waals surface area contributed by atoms with E-state index in [-0.39, 0.29) is 18.4 Å². The molecular formula is C22H32BrN3O3. The van der Waals surface area contributed by atoms with Crippen LogP contribution in [0.4, 0.5) is 0 Å². The Morgan fingerprint density at radius 3 is 2.59 bits per heavy atom. The van der Waals surface area contributed by atoms with Crippen molar-refractivity contribution in [3.05, 3.63) is 40.9 Å². The van der Waals surface area contributed by atoms with E-state index in [0.29, 0.717) is 24.3 Å². The summed E-state index contributed by atoms with van der Waals surface area (Å²) < 4.78 is 6.42. The molecular weight excluding hydrogens is 434 g/mol. The van der Waals surface area contributed by atoms with Gasteiger partial charge in [0.15, 0.2) is 0 Å². The summed E-state index contributed by atoms with van der Waals surface area (Å²) in [7, 11) is 0. The van der Waals surface area contributed by atoms with Crippen molar-refractivity contribution in [2.24, 2.45) is 5.10 Å². The molecule has 0 radical (unpaired) electrons. The number of rotatable bonds is 15. The Kier molecular flexibility index (Phi) is 13.5. The van der Waals surface area contributed by atoms with Gasteiger partial charge in [-0.3, -0.25) is 9.59 Å². The third-order valence-electron chi connectivity index (χ3n) is 4.17.